The van der Waals surface area contributed by atoms with Crippen LogP contribution in [0.4, 0.5) is 0 Å². The SMILES string of the molecule is [CH-]=C[C+]=C.[Cl-].[Cl-].[Ti+2]. The third kappa shape index (κ3) is 51.7. The Bertz CT molecular complexity index is 30.7. The third-order valence-electron chi connectivity index (χ3n) is 0.118. The van der Waals surface area contributed by atoms with Gasteiger partial charge in [-0.3, -0.25) is 0 Å². The van der Waals surface area contributed by atoms with Crippen LogP contribution in [0.5, 0.6) is 0 Å². The molecule has 0 aliphatic rings. The Kier molecular flexibility index (Phi) is 108. The first-order valence-corrected chi connectivity index (χ1v) is 0.976. The van der Waals surface area contributed by atoms with E-state index in [2.05, 4.69) is 12.7 Å². The molecule has 0 aliphatic heterocycles. The number of hydrogen-bond donors (Lipinski definition) is 0. The van der Waals surface area contributed by atoms with Gasteiger partial charge in [-0.05, 0) is 6.08 Å². The van der Waals surface area contributed by atoms with Crippen molar-refractivity contribution in [1.29, 1.82) is 0 Å². The van der Waals surface area contributed by atoms with Crippen LogP contribution >= 0.6 is 0 Å². The van der Waals surface area contributed by atoms with Crippen molar-refractivity contribution in [2.75, 3.05) is 0 Å². The second kappa shape index (κ2) is 30.0. The molecule has 0 fully saturated rings. The number of rotatable bonds is 1. The molecule has 0 unspecified atom stereocenters. The molecule has 0 nitrogen and oxygen atoms in total. The van der Waals surface area contributed by atoms with Gasteiger partial charge >= 0.3 is 21.7 Å². The van der Waals surface area contributed by atoms with E-state index in [1.807, 2.05) is 0 Å². The Morgan fingerprint density at radius 2 is 1.57 bits per heavy atom. The van der Waals surface area contributed by atoms with Crippen LogP contribution < -0.4 is 24.8 Å². The Hall–Kier alpha value is 0.684. The predicted octanol–water partition coefficient (Wildman–Crippen LogP) is -5.03. The van der Waals surface area contributed by atoms with Gasteiger partial charge in [-0.1, -0.05) is 13.2 Å². The predicted molar refractivity (Wildman–Crippen MR) is 17.7 cm³/mol. The molecule has 0 heterocycles. The maximum atomic E-state index is 4.73. The van der Waals surface area contributed by atoms with Gasteiger partial charge in [0.1, 0.15) is 0 Å². The van der Waals surface area contributed by atoms with E-state index >= 15 is 0 Å². The molecule has 0 N–H and O–H groups in total. The first-order valence-electron chi connectivity index (χ1n) is 0.976. The van der Waals surface area contributed by atoms with E-state index in [1.165, 1.54) is 6.08 Å². The molecule has 3 heteroatoms. The monoisotopic (exact) mass is 170 g/mol. The molecule has 0 aromatic rings. The van der Waals surface area contributed by atoms with Crippen molar-refractivity contribution in [1.82, 2.24) is 0 Å². The number of hydrogen-bond acceptors (Lipinski definition) is 0. The average Bonchev–Trinajstić information content (AvgIpc) is 1.37. The normalized spacial score (nSPS) is 2.29. The fourth-order valence-electron chi connectivity index (χ4n) is 0. The number of allylic oxidation sites excluding steroid dienone is 2. The Balaban J connectivity index is -0.0000000150. The minimum Gasteiger partial charge on any atom is -1.00 e. The summed E-state index contributed by atoms with van der Waals surface area (Å²) in [7, 11) is 0. The van der Waals surface area contributed by atoms with E-state index < -0.39 is 0 Å². The second-order valence-corrected chi connectivity index (χ2v) is 0.371. The van der Waals surface area contributed by atoms with Gasteiger partial charge in [0.2, 0.25) is 0 Å². The van der Waals surface area contributed by atoms with Gasteiger partial charge in [0.05, 0.1) is 0 Å². The summed E-state index contributed by atoms with van der Waals surface area (Å²) in [6, 6.07) is 0. The molecule has 0 saturated carbocycles. The molecule has 0 rings (SSSR count). The van der Waals surface area contributed by atoms with Crippen molar-refractivity contribution in [2.45, 2.75) is 0 Å². The Morgan fingerprint density at radius 1 is 1.43 bits per heavy atom. The summed E-state index contributed by atoms with van der Waals surface area (Å²) in [4.78, 5) is 0. The molecule has 0 radical (unpaired) electrons. The second-order valence-electron chi connectivity index (χ2n) is 0.371. The van der Waals surface area contributed by atoms with E-state index in [1.54, 1.807) is 0 Å². The Labute approximate surface area is 71.8 Å². The van der Waals surface area contributed by atoms with Crippen molar-refractivity contribution in [3.8, 4) is 0 Å². The summed E-state index contributed by atoms with van der Waals surface area (Å²) >= 11 is 0. The quantitative estimate of drug-likeness (QED) is 0.210. The molecule has 0 atom stereocenters. The molecule has 0 bridgehead atoms. The summed E-state index contributed by atoms with van der Waals surface area (Å²) in [6.45, 7) is 7.90. The summed E-state index contributed by atoms with van der Waals surface area (Å²) in [5.74, 6) is 0. The summed E-state index contributed by atoms with van der Waals surface area (Å²) in [6.07, 6.45) is 3.60. The van der Waals surface area contributed by atoms with E-state index in [0.717, 1.165) is 0 Å². The first kappa shape index (κ1) is 25.3. The summed E-state index contributed by atoms with van der Waals surface area (Å²) in [5.41, 5.74) is 0. The number of halogens is 2. The zero-order chi connectivity index (χ0) is 3.41. The van der Waals surface area contributed by atoms with Crippen molar-refractivity contribution in [2.24, 2.45) is 0 Å². The van der Waals surface area contributed by atoms with Crippen molar-refractivity contribution < 1.29 is 46.5 Å². The molecule has 0 saturated heterocycles. The Morgan fingerprint density at radius 3 is 1.57 bits per heavy atom. The van der Waals surface area contributed by atoms with Gasteiger partial charge in [0, 0.05) is 0 Å². The van der Waals surface area contributed by atoms with E-state index in [-0.39, 0.29) is 46.5 Å². The molecule has 7 heavy (non-hydrogen) atoms. The van der Waals surface area contributed by atoms with Crippen molar-refractivity contribution in [3.05, 3.63) is 25.3 Å². The van der Waals surface area contributed by atoms with Gasteiger partial charge < -0.3 is 24.8 Å². The van der Waals surface area contributed by atoms with E-state index in [0.29, 0.717) is 0 Å². The third-order valence-corrected chi connectivity index (χ3v) is 0.118. The molecule has 0 amide bonds. The molecule has 0 aromatic carbocycles. The van der Waals surface area contributed by atoms with E-state index in [9.17, 15) is 0 Å². The van der Waals surface area contributed by atoms with Gasteiger partial charge in [-0.15, -0.1) is 6.08 Å². The van der Waals surface area contributed by atoms with Crippen LogP contribution in [0.2, 0.25) is 0 Å². The van der Waals surface area contributed by atoms with E-state index in [4.69, 9.17) is 6.58 Å². The molecule has 0 aliphatic carbocycles. The smallest absolute Gasteiger partial charge is 1.00 e. The van der Waals surface area contributed by atoms with Crippen LogP contribution in [0.25, 0.3) is 0 Å². The van der Waals surface area contributed by atoms with Gasteiger partial charge in [-0.25, -0.2) is 0 Å². The van der Waals surface area contributed by atoms with Crippen LogP contribution in [0.1, 0.15) is 0 Å². The summed E-state index contributed by atoms with van der Waals surface area (Å²) in [5, 5.41) is 0. The summed E-state index contributed by atoms with van der Waals surface area (Å²) < 4.78 is 0. The van der Waals surface area contributed by atoms with Crippen LogP contribution in [-0.2, 0) is 21.7 Å². The van der Waals surface area contributed by atoms with Gasteiger partial charge in [0.15, 0.2) is 0 Å². The average molecular weight is 171 g/mol. The zero-order valence-electron chi connectivity index (χ0n) is 3.62. The first-order chi connectivity index (χ1) is 1.91. The molecule has 0 spiro atoms. The largest absolute Gasteiger partial charge is 2.00 e. The fraction of sp³-hybridized carbons (Fsp3) is 0. The van der Waals surface area contributed by atoms with Gasteiger partial charge in [0.25, 0.3) is 0 Å². The van der Waals surface area contributed by atoms with Crippen LogP contribution in [0, 0.1) is 12.7 Å². The minimum absolute atomic E-state index is 0. The maximum Gasteiger partial charge on any atom is 2.00 e. The molecular weight excluding hydrogens is 167 g/mol. The molecule has 38 valence electrons. The zero-order valence-corrected chi connectivity index (χ0v) is 6.69. The van der Waals surface area contributed by atoms with Crippen molar-refractivity contribution in [3.63, 3.8) is 0 Å². The van der Waals surface area contributed by atoms with Crippen LogP contribution in [0.3, 0.4) is 0 Å². The standard InChI is InChI=1S/C4H4.2ClH.Ti/c1-3-4-2;;;/h1,3H,2H2;2*1H;/q;;;+2/p-2. The van der Waals surface area contributed by atoms with Crippen LogP contribution in [0.15, 0.2) is 12.7 Å². The maximum absolute atomic E-state index is 4.73. The van der Waals surface area contributed by atoms with Crippen molar-refractivity contribution >= 4 is 0 Å². The van der Waals surface area contributed by atoms with Gasteiger partial charge in [-0.2, -0.15) is 0 Å². The minimum atomic E-state index is 0. The molecule has 0 aromatic heterocycles. The fourth-order valence-corrected chi connectivity index (χ4v) is 0. The van der Waals surface area contributed by atoms with Crippen LogP contribution in [-0.4, -0.2) is 0 Å². The molecular formula is C4H4Cl2Ti. The topological polar surface area (TPSA) is 0 Å².